The molecule has 1 radical (unpaired) electrons. The van der Waals surface area contributed by atoms with Crippen LogP contribution in [0.3, 0.4) is 0 Å². The Kier molecular flexibility index (Phi) is 24.0. The summed E-state index contributed by atoms with van der Waals surface area (Å²) in [5, 5.41) is 0. The smallest absolute Gasteiger partial charge is 0.0414 e. The van der Waals surface area contributed by atoms with Crippen LogP contribution in [0.25, 0.3) is 0 Å². The van der Waals surface area contributed by atoms with E-state index in [4.69, 9.17) is 0 Å². The third-order valence-electron chi connectivity index (χ3n) is 6.29. The molecule has 1 unspecified atom stereocenters. The van der Waals surface area contributed by atoms with Crippen LogP contribution in [-0.2, 0) is 0 Å². The van der Waals surface area contributed by atoms with E-state index in [9.17, 15) is 0 Å². The topological polar surface area (TPSA) is 0 Å². The molecule has 0 aromatic heterocycles. The van der Waals surface area contributed by atoms with Gasteiger partial charge in [0.15, 0.2) is 0 Å². The first-order valence-corrected chi connectivity index (χ1v) is 13.1. The molecule has 0 N–H and O–H groups in total. The average molecular weight is 380 g/mol. The lowest BCUT2D eigenvalue weighted by molar-refractivity contribution is 0.367. The van der Waals surface area contributed by atoms with Gasteiger partial charge in [0.05, 0.1) is 0 Å². The average Bonchev–Trinajstić information content (AvgIpc) is 2.68. The zero-order chi connectivity index (χ0) is 19.8. The molecule has 0 amide bonds. The Balaban J connectivity index is 3.61. The molecule has 1 atom stereocenters. The summed E-state index contributed by atoms with van der Waals surface area (Å²) in [6.07, 6.45) is 33.2. The van der Waals surface area contributed by atoms with Gasteiger partial charge in [-0.25, -0.2) is 0 Å². The van der Waals surface area contributed by atoms with Gasteiger partial charge >= 0.3 is 0 Å². The van der Waals surface area contributed by atoms with Gasteiger partial charge in [-0.3, -0.25) is 0 Å². The third-order valence-corrected chi connectivity index (χ3v) is 6.29. The Morgan fingerprint density at radius 3 is 1.04 bits per heavy atom. The fraction of sp³-hybridized carbons (Fsp3) is 0.963. The largest absolute Gasteiger partial charge is 0.0654 e. The molecule has 0 saturated heterocycles. The fourth-order valence-corrected chi connectivity index (χ4v) is 4.35. The van der Waals surface area contributed by atoms with Gasteiger partial charge in [0, 0.05) is 0 Å². The third kappa shape index (κ3) is 22.2. The lowest BCUT2D eigenvalue weighted by Crippen LogP contribution is -2.01. The van der Waals surface area contributed by atoms with E-state index in [-0.39, 0.29) is 0 Å². The first-order chi connectivity index (χ1) is 13.3. The van der Waals surface area contributed by atoms with Gasteiger partial charge in [-0.1, -0.05) is 168 Å². The highest BCUT2D eigenvalue weighted by Crippen LogP contribution is 2.24. The normalized spacial score (nSPS) is 12.6. The zero-order valence-electron chi connectivity index (χ0n) is 19.5. The molecule has 0 saturated carbocycles. The van der Waals surface area contributed by atoms with Crippen molar-refractivity contribution in [1.82, 2.24) is 0 Å². The molecule has 0 aromatic rings. The lowest BCUT2D eigenvalue weighted by atomic mass is 9.89. The van der Waals surface area contributed by atoms with Crippen molar-refractivity contribution in [1.29, 1.82) is 0 Å². The van der Waals surface area contributed by atoms with E-state index in [0.29, 0.717) is 0 Å². The summed E-state index contributed by atoms with van der Waals surface area (Å²) in [6.45, 7) is 8.61. The monoisotopic (exact) mass is 379 g/mol. The van der Waals surface area contributed by atoms with Crippen LogP contribution in [0.5, 0.6) is 0 Å². The second-order valence-corrected chi connectivity index (χ2v) is 9.10. The van der Waals surface area contributed by atoms with Crippen LogP contribution < -0.4 is 0 Å². The first-order valence-electron chi connectivity index (χ1n) is 13.1. The summed E-state index contributed by atoms with van der Waals surface area (Å²) in [4.78, 5) is 0. The Hall–Kier alpha value is 0. The first kappa shape index (κ1) is 27.0. The molecule has 0 heteroatoms. The molecule has 0 aliphatic heterocycles. The molecule has 0 bridgehead atoms. The van der Waals surface area contributed by atoms with Crippen LogP contribution in [0.4, 0.5) is 0 Å². The van der Waals surface area contributed by atoms with Crippen LogP contribution in [0.15, 0.2) is 0 Å². The summed E-state index contributed by atoms with van der Waals surface area (Å²) in [5.74, 6) is 1.02. The quantitative estimate of drug-likeness (QED) is 0.155. The number of rotatable bonds is 23. The molecule has 0 heterocycles. The molecule has 27 heavy (non-hydrogen) atoms. The summed E-state index contributed by atoms with van der Waals surface area (Å²) in [6, 6.07) is 0. The van der Waals surface area contributed by atoms with Gasteiger partial charge in [-0.15, -0.1) is 0 Å². The number of hydrogen-bond donors (Lipinski definition) is 0. The summed E-state index contributed by atoms with van der Waals surface area (Å²) >= 11 is 0. The van der Waals surface area contributed by atoms with Crippen LogP contribution in [0.1, 0.15) is 162 Å². The van der Waals surface area contributed by atoms with E-state index in [2.05, 4.69) is 20.8 Å². The van der Waals surface area contributed by atoms with E-state index < -0.39 is 0 Å². The van der Waals surface area contributed by atoms with Crippen LogP contribution in [-0.4, -0.2) is 0 Å². The van der Waals surface area contributed by atoms with Gasteiger partial charge in [-0.05, 0) is 5.92 Å². The van der Waals surface area contributed by atoms with E-state index in [0.717, 1.165) is 12.3 Å². The fourth-order valence-electron chi connectivity index (χ4n) is 4.35. The standard InChI is InChI=1S/C27H55/c1-4-7-10-13-14-15-16-17-18-20-23-26-27(24-21-12-9-6-3)25-22-19-11-8-5-2/h27H,3-26H2,1-2H3. The minimum Gasteiger partial charge on any atom is -0.0654 e. The minimum absolute atomic E-state index is 1.02. The van der Waals surface area contributed by atoms with Crippen LogP contribution in [0.2, 0.25) is 0 Å². The van der Waals surface area contributed by atoms with Crippen molar-refractivity contribution in [2.24, 2.45) is 5.92 Å². The van der Waals surface area contributed by atoms with Crippen molar-refractivity contribution in [3.05, 3.63) is 6.92 Å². The van der Waals surface area contributed by atoms with E-state index >= 15 is 0 Å². The molecule has 163 valence electrons. The predicted octanol–water partition coefficient (Wildman–Crippen LogP) is 10.4. The highest BCUT2D eigenvalue weighted by molar-refractivity contribution is 4.62. The second-order valence-electron chi connectivity index (χ2n) is 9.10. The highest BCUT2D eigenvalue weighted by atomic mass is 14.1. The minimum atomic E-state index is 1.02. The summed E-state index contributed by atoms with van der Waals surface area (Å²) < 4.78 is 0. The maximum absolute atomic E-state index is 3.99. The van der Waals surface area contributed by atoms with Gasteiger partial charge < -0.3 is 0 Å². The van der Waals surface area contributed by atoms with Crippen LogP contribution in [0, 0.1) is 12.8 Å². The maximum atomic E-state index is 3.99. The maximum Gasteiger partial charge on any atom is -0.0414 e. The molecular weight excluding hydrogens is 324 g/mol. The second kappa shape index (κ2) is 24.0. The van der Waals surface area contributed by atoms with E-state index in [1.807, 2.05) is 0 Å². The molecule has 0 aromatic carbocycles. The van der Waals surface area contributed by atoms with Gasteiger partial charge in [-0.2, -0.15) is 0 Å². The highest BCUT2D eigenvalue weighted by Gasteiger charge is 2.08. The molecule has 0 fully saturated rings. The Labute approximate surface area is 174 Å². The van der Waals surface area contributed by atoms with E-state index in [1.165, 1.54) is 141 Å². The molecule has 0 aliphatic rings. The molecule has 0 nitrogen and oxygen atoms in total. The Morgan fingerprint density at radius 2 is 0.704 bits per heavy atom. The number of hydrogen-bond acceptors (Lipinski definition) is 0. The van der Waals surface area contributed by atoms with Crippen molar-refractivity contribution in [2.45, 2.75) is 162 Å². The Morgan fingerprint density at radius 1 is 0.407 bits per heavy atom. The molecule has 0 spiro atoms. The van der Waals surface area contributed by atoms with Gasteiger partial charge in [0.1, 0.15) is 0 Å². The van der Waals surface area contributed by atoms with E-state index in [1.54, 1.807) is 0 Å². The van der Waals surface area contributed by atoms with Gasteiger partial charge in [0.2, 0.25) is 0 Å². The van der Waals surface area contributed by atoms with Crippen LogP contribution >= 0.6 is 0 Å². The van der Waals surface area contributed by atoms with Crippen molar-refractivity contribution in [2.75, 3.05) is 0 Å². The molecule has 0 rings (SSSR count). The van der Waals surface area contributed by atoms with Crippen molar-refractivity contribution in [3.63, 3.8) is 0 Å². The predicted molar refractivity (Wildman–Crippen MR) is 126 cm³/mol. The Bertz CT molecular complexity index is 244. The van der Waals surface area contributed by atoms with Crippen molar-refractivity contribution < 1.29 is 0 Å². The number of unbranched alkanes of at least 4 members (excludes halogenated alkanes) is 17. The summed E-state index contributed by atoms with van der Waals surface area (Å²) in [5.41, 5.74) is 0. The SMILES string of the molecule is [CH2]CCCCCC(CCCCCCC)CCCCCCCCCCCCC. The zero-order valence-corrected chi connectivity index (χ0v) is 19.5. The molecule has 0 aliphatic carbocycles. The molecular formula is C27H55. The van der Waals surface area contributed by atoms with Gasteiger partial charge in [0.25, 0.3) is 0 Å². The summed E-state index contributed by atoms with van der Waals surface area (Å²) in [7, 11) is 0. The lowest BCUT2D eigenvalue weighted by Gasteiger charge is -2.17. The van der Waals surface area contributed by atoms with Crippen molar-refractivity contribution >= 4 is 0 Å². The van der Waals surface area contributed by atoms with Crippen molar-refractivity contribution in [3.8, 4) is 0 Å².